The molecule has 17 heavy (non-hydrogen) atoms. The third-order valence-corrected chi connectivity index (χ3v) is 3.69. The summed E-state index contributed by atoms with van der Waals surface area (Å²) in [6.07, 6.45) is 8.53. The maximum Gasteiger partial charge on any atom is 0.0578 e. The van der Waals surface area contributed by atoms with Gasteiger partial charge in [0.2, 0.25) is 0 Å². The van der Waals surface area contributed by atoms with Crippen LogP contribution in [0.5, 0.6) is 0 Å². The monoisotopic (exact) mass is 232 g/mol. The van der Waals surface area contributed by atoms with Gasteiger partial charge in [-0.15, -0.1) is 0 Å². The van der Waals surface area contributed by atoms with Gasteiger partial charge < -0.3 is 0 Å². The second-order valence-electron chi connectivity index (χ2n) is 5.16. The molecule has 0 aromatic carbocycles. The fraction of sp³-hybridized carbons (Fsp3) is 0.667. The summed E-state index contributed by atoms with van der Waals surface area (Å²) < 4.78 is 0. The maximum atomic E-state index is 4.58. The average molecular weight is 232 g/mol. The number of unbranched alkanes of at least 4 members (excludes halogenated alkanes) is 1. The second kappa shape index (κ2) is 6.15. The zero-order valence-electron chi connectivity index (χ0n) is 11.2. The molecule has 0 saturated carbocycles. The van der Waals surface area contributed by atoms with Crippen molar-refractivity contribution in [2.75, 3.05) is 13.1 Å². The molecule has 0 spiro atoms. The lowest BCUT2D eigenvalue weighted by Crippen LogP contribution is -2.34. The van der Waals surface area contributed by atoms with E-state index >= 15 is 0 Å². The third-order valence-electron chi connectivity index (χ3n) is 3.69. The first-order valence-corrected chi connectivity index (χ1v) is 6.98. The molecule has 94 valence electrons. The van der Waals surface area contributed by atoms with Crippen LogP contribution >= 0.6 is 0 Å². The van der Waals surface area contributed by atoms with Gasteiger partial charge in [-0.3, -0.25) is 9.88 Å². The highest BCUT2D eigenvalue weighted by Crippen LogP contribution is 2.30. The highest BCUT2D eigenvalue weighted by molar-refractivity contribution is 5.17. The van der Waals surface area contributed by atoms with E-state index in [1.165, 1.54) is 56.5 Å². The van der Waals surface area contributed by atoms with Crippen molar-refractivity contribution in [3.63, 3.8) is 0 Å². The van der Waals surface area contributed by atoms with Crippen molar-refractivity contribution in [2.45, 2.75) is 52.0 Å². The molecule has 1 aliphatic heterocycles. The zero-order valence-corrected chi connectivity index (χ0v) is 11.2. The summed E-state index contributed by atoms with van der Waals surface area (Å²) in [5.41, 5.74) is 2.61. The van der Waals surface area contributed by atoms with Crippen molar-refractivity contribution in [1.82, 2.24) is 9.88 Å². The number of hydrogen-bond donors (Lipinski definition) is 0. The molecule has 1 aromatic heterocycles. The van der Waals surface area contributed by atoms with Gasteiger partial charge in [0.1, 0.15) is 0 Å². The Hall–Kier alpha value is -0.890. The van der Waals surface area contributed by atoms with Crippen molar-refractivity contribution in [1.29, 1.82) is 0 Å². The summed E-state index contributed by atoms with van der Waals surface area (Å²) in [5.74, 6) is 0. The van der Waals surface area contributed by atoms with Crippen LogP contribution in [0.1, 0.15) is 56.3 Å². The molecule has 0 amide bonds. The van der Waals surface area contributed by atoms with E-state index in [0.29, 0.717) is 6.04 Å². The first kappa shape index (κ1) is 12.6. The lowest BCUT2D eigenvalue weighted by molar-refractivity contribution is 0.143. The number of nitrogens with zero attached hydrogens (tertiary/aromatic N) is 2. The summed E-state index contributed by atoms with van der Waals surface area (Å²) in [7, 11) is 0. The second-order valence-corrected chi connectivity index (χ2v) is 5.16. The van der Waals surface area contributed by atoms with Crippen molar-refractivity contribution >= 4 is 0 Å². The Morgan fingerprint density at radius 3 is 3.06 bits per heavy atom. The van der Waals surface area contributed by atoms with E-state index in [-0.39, 0.29) is 0 Å². The Morgan fingerprint density at radius 2 is 2.29 bits per heavy atom. The zero-order chi connectivity index (χ0) is 12.1. The molecule has 1 aliphatic rings. The molecular weight excluding hydrogens is 208 g/mol. The SMILES string of the molecule is CCCCN1CCCCC1c1cc(C)ccn1. The molecule has 0 radical (unpaired) electrons. The van der Waals surface area contributed by atoms with E-state index in [4.69, 9.17) is 0 Å². The van der Waals surface area contributed by atoms with E-state index in [1.54, 1.807) is 0 Å². The number of likely N-dealkylation sites (tertiary alicyclic amines) is 1. The number of rotatable bonds is 4. The Labute approximate surface area is 105 Å². The highest BCUT2D eigenvalue weighted by Gasteiger charge is 2.24. The van der Waals surface area contributed by atoms with Crippen LogP contribution in [0.3, 0.4) is 0 Å². The van der Waals surface area contributed by atoms with E-state index in [1.807, 2.05) is 6.20 Å². The lowest BCUT2D eigenvalue weighted by Gasteiger charge is -2.35. The largest absolute Gasteiger partial charge is 0.295 e. The first-order chi connectivity index (χ1) is 8.31. The Morgan fingerprint density at radius 1 is 1.41 bits per heavy atom. The molecule has 2 heterocycles. The van der Waals surface area contributed by atoms with Crippen LogP contribution in [0.2, 0.25) is 0 Å². The van der Waals surface area contributed by atoms with Gasteiger partial charge in [-0.1, -0.05) is 19.8 Å². The average Bonchev–Trinajstić information content (AvgIpc) is 2.37. The fourth-order valence-electron chi connectivity index (χ4n) is 2.70. The highest BCUT2D eigenvalue weighted by atomic mass is 15.2. The predicted molar refractivity (Wildman–Crippen MR) is 72.0 cm³/mol. The third kappa shape index (κ3) is 3.29. The normalized spacial score (nSPS) is 21.6. The van der Waals surface area contributed by atoms with Crippen LogP contribution in [-0.4, -0.2) is 23.0 Å². The molecular formula is C15H24N2. The van der Waals surface area contributed by atoms with Crippen LogP contribution in [0, 0.1) is 6.92 Å². The van der Waals surface area contributed by atoms with Crippen LogP contribution in [0.4, 0.5) is 0 Å². The van der Waals surface area contributed by atoms with E-state index in [9.17, 15) is 0 Å². The molecule has 1 atom stereocenters. The number of piperidine rings is 1. The minimum Gasteiger partial charge on any atom is -0.295 e. The number of pyridine rings is 1. The Bertz CT molecular complexity index is 349. The van der Waals surface area contributed by atoms with Gasteiger partial charge in [0.15, 0.2) is 0 Å². The lowest BCUT2D eigenvalue weighted by atomic mass is 9.98. The summed E-state index contributed by atoms with van der Waals surface area (Å²) in [5, 5.41) is 0. The van der Waals surface area contributed by atoms with Gasteiger partial charge in [-0.05, 0) is 57.0 Å². The number of aryl methyl sites for hydroxylation is 1. The van der Waals surface area contributed by atoms with Gasteiger partial charge >= 0.3 is 0 Å². The molecule has 1 saturated heterocycles. The molecule has 2 nitrogen and oxygen atoms in total. The molecule has 0 bridgehead atoms. The van der Waals surface area contributed by atoms with Crippen LogP contribution in [-0.2, 0) is 0 Å². The van der Waals surface area contributed by atoms with Gasteiger partial charge in [0.25, 0.3) is 0 Å². The minimum absolute atomic E-state index is 0.565. The molecule has 2 heteroatoms. The van der Waals surface area contributed by atoms with Crippen molar-refractivity contribution in [2.24, 2.45) is 0 Å². The van der Waals surface area contributed by atoms with Gasteiger partial charge in [-0.25, -0.2) is 0 Å². The molecule has 1 fully saturated rings. The minimum atomic E-state index is 0.565. The van der Waals surface area contributed by atoms with Crippen molar-refractivity contribution in [3.05, 3.63) is 29.6 Å². The summed E-state index contributed by atoms with van der Waals surface area (Å²) in [6.45, 7) is 6.91. The quantitative estimate of drug-likeness (QED) is 0.786. The molecule has 2 rings (SSSR count). The van der Waals surface area contributed by atoms with Crippen molar-refractivity contribution < 1.29 is 0 Å². The van der Waals surface area contributed by atoms with E-state index < -0.39 is 0 Å². The van der Waals surface area contributed by atoms with Gasteiger partial charge in [-0.2, -0.15) is 0 Å². The maximum absolute atomic E-state index is 4.58. The Balaban J connectivity index is 2.10. The smallest absolute Gasteiger partial charge is 0.0578 e. The topological polar surface area (TPSA) is 16.1 Å². The van der Waals surface area contributed by atoms with Crippen LogP contribution < -0.4 is 0 Å². The first-order valence-electron chi connectivity index (χ1n) is 6.98. The van der Waals surface area contributed by atoms with Gasteiger partial charge in [0, 0.05) is 6.20 Å². The van der Waals surface area contributed by atoms with Crippen LogP contribution in [0.15, 0.2) is 18.3 Å². The molecule has 0 N–H and O–H groups in total. The summed E-state index contributed by atoms with van der Waals surface area (Å²) >= 11 is 0. The standard InChI is InChI=1S/C15H24N2/c1-3-4-10-17-11-6-5-7-15(17)14-12-13(2)8-9-16-14/h8-9,12,15H,3-7,10-11H2,1-2H3. The van der Waals surface area contributed by atoms with Crippen LogP contribution in [0.25, 0.3) is 0 Å². The van der Waals surface area contributed by atoms with Crippen molar-refractivity contribution in [3.8, 4) is 0 Å². The number of hydrogen-bond acceptors (Lipinski definition) is 2. The van der Waals surface area contributed by atoms with E-state index in [0.717, 1.165) is 0 Å². The van der Waals surface area contributed by atoms with Gasteiger partial charge in [0.05, 0.1) is 11.7 Å². The molecule has 1 aromatic rings. The molecule has 0 aliphatic carbocycles. The molecule has 1 unspecified atom stereocenters. The summed E-state index contributed by atoms with van der Waals surface area (Å²) in [4.78, 5) is 7.21. The predicted octanol–water partition coefficient (Wildman–Crippen LogP) is 3.72. The summed E-state index contributed by atoms with van der Waals surface area (Å²) in [6, 6.07) is 4.91. The van der Waals surface area contributed by atoms with E-state index in [2.05, 4.69) is 35.9 Å². The Kier molecular flexibility index (Phi) is 4.55. The fourth-order valence-corrected chi connectivity index (χ4v) is 2.70. The number of aromatic nitrogens is 1.